The van der Waals surface area contributed by atoms with Crippen LogP contribution in [0.1, 0.15) is 0 Å². The topological polar surface area (TPSA) is 32.7 Å². The maximum absolute atomic E-state index is 12.9. The highest BCUT2D eigenvalue weighted by molar-refractivity contribution is 8.30. The summed E-state index contributed by atoms with van der Waals surface area (Å²) >= 11 is 0.984. The van der Waals surface area contributed by atoms with Crippen molar-refractivity contribution < 1.29 is 13.6 Å². The van der Waals surface area contributed by atoms with Gasteiger partial charge in [0, 0.05) is 11.8 Å². The number of carbonyl (C=O) groups is 1. The maximum Gasteiger partial charge on any atom is 0.300 e. The van der Waals surface area contributed by atoms with Crippen LogP contribution < -0.4 is 4.90 Å². The number of hydrogen-bond donors (Lipinski definition) is 0. The van der Waals surface area contributed by atoms with Crippen molar-refractivity contribution in [2.24, 2.45) is 4.99 Å². The number of anilines is 1. The van der Waals surface area contributed by atoms with Gasteiger partial charge in [-0.3, -0.25) is 4.79 Å². The molecule has 1 fully saturated rings. The molecule has 2 aromatic carbocycles. The Hall–Kier alpha value is -2.21. The first kappa shape index (κ1) is 12.8. The van der Waals surface area contributed by atoms with Crippen LogP contribution in [0.3, 0.4) is 0 Å². The van der Waals surface area contributed by atoms with Crippen molar-refractivity contribution in [3.05, 3.63) is 60.2 Å². The monoisotopic (exact) mass is 290 g/mol. The fourth-order valence-corrected chi connectivity index (χ4v) is 2.45. The van der Waals surface area contributed by atoms with Crippen LogP contribution in [-0.4, -0.2) is 10.4 Å². The number of rotatable bonds is 2. The van der Waals surface area contributed by atoms with Crippen LogP contribution >= 0.6 is 11.8 Å². The predicted molar refractivity (Wildman–Crippen MR) is 75.4 cm³/mol. The third kappa shape index (κ3) is 2.42. The van der Waals surface area contributed by atoms with Crippen molar-refractivity contribution in [1.82, 2.24) is 0 Å². The molecule has 1 saturated heterocycles. The van der Waals surface area contributed by atoms with Gasteiger partial charge in [-0.2, -0.15) is 0 Å². The van der Waals surface area contributed by atoms with Gasteiger partial charge in [-0.05, 0) is 48.5 Å². The zero-order chi connectivity index (χ0) is 14.1. The lowest BCUT2D eigenvalue weighted by molar-refractivity contribution is 0.266. The Morgan fingerprint density at radius 1 is 0.900 bits per heavy atom. The number of thioether (sulfide) groups is 1. The van der Waals surface area contributed by atoms with Gasteiger partial charge in [0.25, 0.3) is 5.24 Å². The minimum absolute atomic E-state index is 0.183. The Kier molecular flexibility index (Phi) is 3.23. The lowest BCUT2D eigenvalue weighted by atomic mass is 10.3. The highest BCUT2D eigenvalue weighted by Gasteiger charge is 2.35. The smallest absolute Gasteiger partial charge is 0.260 e. The molecular formula is C14H8F2N2OS. The van der Waals surface area contributed by atoms with E-state index in [-0.39, 0.29) is 16.9 Å². The largest absolute Gasteiger partial charge is 0.300 e. The molecule has 0 bridgehead atoms. The number of halogens is 2. The first-order valence-electron chi connectivity index (χ1n) is 5.75. The minimum Gasteiger partial charge on any atom is -0.260 e. The summed E-state index contributed by atoms with van der Waals surface area (Å²) in [5, 5.41) is 0.297. The lowest BCUT2D eigenvalue weighted by Crippen LogP contribution is -2.42. The van der Waals surface area contributed by atoms with Crippen LogP contribution in [0.5, 0.6) is 0 Å². The number of hydrogen-bond acceptors (Lipinski definition) is 3. The van der Waals surface area contributed by atoms with E-state index in [0.717, 1.165) is 11.8 Å². The van der Waals surface area contributed by atoms with Crippen molar-refractivity contribution in [2.45, 2.75) is 0 Å². The van der Waals surface area contributed by atoms with Gasteiger partial charge >= 0.3 is 0 Å². The van der Waals surface area contributed by atoms with E-state index in [4.69, 9.17) is 0 Å². The third-order valence-electron chi connectivity index (χ3n) is 2.69. The van der Waals surface area contributed by atoms with Crippen LogP contribution in [0.2, 0.25) is 0 Å². The predicted octanol–water partition coefficient (Wildman–Crippen LogP) is 4.33. The first-order valence-corrected chi connectivity index (χ1v) is 6.57. The first-order chi connectivity index (χ1) is 9.63. The zero-order valence-electron chi connectivity index (χ0n) is 10.1. The number of carbonyl (C=O) groups excluding carboxylic acids is 1. The van der Waals surface area contributed by atoms with Crippen molar-refractivity contribution in [3.8, 4) is 0 Å². The van der Waals surface area contributed by atoms with Crippen LogP contribution in [0, 0.1) is 11.6 Å². The van der Waals surface area contributed by atoms with E-state index in [1.807, 2.05) is 0 Å². The third-order valence-corrected chi connectivity index (χ3v) is 3.50. The van der Waals surface area contributed by atoms with Gasteiger partial charge < -0.3 is 0 Å². The molecule has 20 heavy (non-hydrogen) atoms. The molecule has 3 rings (SSSR count). The molecule has 0 N–H and O–H groups in total. The summed E-state index contributed by atoms with van der Waals surface area (Å²) in [7, 11) is 0. The molecule has 3 nitrogen and oxygen atoms in total. The molecule has 0 spiro atoms. The average Bonchev–Trinajstić information content (AvgIpc) is 2.43. The Morgan fingerprint density at radius 2 is 1.45 bits per heavy atom. The van der Waals surface area contributed by atoms with Crippen LogP contribution in [0.4, 0.5) is 25.0 Å². The number of aliphatic imine (C=N–C) groups is 1. The van der Waals surface area contributed by atoms with Gasteiger partial charge in [0.2, 0.25) is 0 Å². The van der Waals surface area contributed by atoms with Gasteiger partial charge in [0.05, 0.1) is 11.4 Å². The molecule has 0 aromatic heterocycles. The van der Waals surface area contributed by atoms with E-state index in [1.54, 1.807) is 0 Å². The molecular weight excluding hydrogens is 282 g/mol. The average molecular weight is 290 g/mol. The Morgan fingerprint density at radius 3 is 2.00 bits per heavy atom. The van der Waals surface area contributed by atoms with E-state index < -0.39 is 0 Å². The highest BCUT2D eigenvalue weighted by atomic mass is 32.2. The summed E-state index contributed by atoms with van der Waals surface area (Å²) in [5.41, 5.74) is 1.10. The number of nitrogens with zero attached hydrogens (tertiary/aromatic N) is 2. The number of amidine groups is 1. The molecule has 0 unspecified atom stereocenters. The normalized spacial score (nSPS) is 16.4. The van der Waals surface area contributed by atoms with Gasteiger partial charge in [0.15, 0.2) is 5.17 Å². The van der Waals surface area contributed by atoms with E-state index >= 15 is 0 Å². The van der Waals surface area contributed by atoms with Gasteiger partial charge in [-0.15, -0.1) is 0 Å². The van der Waals surface area contributed by atoms with E-state index in [9.17, 15) is 13.6 Å². The number of amides is 1. The Bertz CT molecular complexity index is 683. The van der Waals surface area contributed by atoms with Gasteiger partial charge in [-0.1, -0.05) is 0 Å². The summed E-state index contributed by atoms with van der Waals surface area (Å²) in [6.07, 6.45) is 0. The summed E-state index contributed by atoms with van der Waals surface area (Å²) in [6.45, 7) is 0. The second kappa shape index (κ2) is 5.05. The van der Waals surface area contributed by atoms with Crippen molar-refractivity contribution in [1.29, 1.82) is 0 Å². The van der Waals surface area contributed by atoms with Crippen molar-refractivity contribution in [3.63, 3.8) is 0 Å². The summed E-state index contributed by atoms with van der Waals surface area (Å²) in [4.78, 5) is 17.3. The summed E-state index contributed by atoms with van der Waals surface area (Å²) in [5.74, 6) is -0.715. The molecule has 1 aliphatic heterocycles. The highest BCUT2D eigenvalue weighted by Crippen LogP contribution is 2.34. The molecule has 1 amide bonds. The SMILES string of the molecule is O=C1SC(=Nc2ccc(F)cc2)N1c1ccc(F)cc1. The molecule has 0 saturated carbocycles. The Labute approximate surface area is 117 Å². The number of benzene rings is 2. The van der Waals surface area contributed by atoms with Crippen LogP contribution in [-0.2, 0) is 0 Å². The van der Waals surface area contributed by atoms with E-state index in [0.29, 0.717) is 16.5 Å². The molecule has 0 radical (unpaired) electrons. The molecule has 0 atom stereocenters. The molecule has 100 valence electrons. The molecule has 2 aromatic rings. The lowest BCUT2D eigenvalue weighted by Gasteiger charge is -2.30. The molecule has 1 aliphatic rings. The van der Waals surface area contributed by atoms with E-state index in [2.05, 4.69) is 4.99 Å². The molecule has 1 heterocycles. The van der Waals surface area contributed by atoms with Gasteiger partial charge in [-0.25, -0.2) is 18.7 Å². The van der Waals surface area contributed by atoms with Gasteiger partial charge in [0.1, 0.15) is 11.6 Å². The summed E-state index contributed by atoms with van der Waals surface area (Å²) < 4.78 is 25.7. The maximum atomic E-state index is 12.9. The van der Waals surface area contributed by atoms with Crippen molar-refractivity contribution in [2.75, 3.05) is 4.90 Å². The Balaban J connectivity index is 1.89. The quantitative estimate of drug-likeness (QED) is 0.825. The fourth-order valence-electron chi connectivity index (χ4n) is 1.71. The molecule has 0 aliphatic carbocycles. The standard InChI is InChI=1S/C14H8F2N2OS/c15-9-1-5-11(6-2-9)17-13-18(14(19)20-13)12-7-3-10(16)4-8-12/h1-8H. The second-order valence-electron chi connectivity index (χ2n) is 4.05. The summed E-state index contributed by atoms with van der Waals surface area (Å²) in [6, 6.07) is 11.2. The van der Waals surface area contributed by atoms with Crippen molar-refractivity contribution >= 4 is 33.5 Å². The van der Waals surface area contributed by atoms with Crippen LogP contribution in [0.25, 0.3) is 0 Å². The molecule has 6 heteroatoms. The fraction of sp³-hybridized carbons (Fsp3) is 0. The second-order valence-corrected chi connectivity index (χ2v) is 4.97. The van der Waals surface area contributed by atoms with Crippen LogP contribution in [0.15, 0.2) is 53.5 Å². The zero-order valence-corrected chi connectivity index (χ0v) is 10.9. The van der Waals surface area contributed by atoms with E-state index in [1.165, 1.54) is 53.4 Å². The minimum atomic E-state index is -0.369.